The normalized spacial score (nSPS) is 12.7. The molecule has 0 aliphatic rings. The zero-order valence-corrected chi connectivity index (χ0v) is 13.2. The molecule has 1 atom stereocenters. The summed E-state index contributed by atoms with van der Waals surface area (Å²) in [6, 6.07) is 0. The molecule has 1 heterocycles. The molecule has 0 spiro atoms. The minimum Gasteiger partial charge on any atom is -0.346 e. The molecule has 4 nitrogen and oxygen atoms in total. The highest BCUT2D eigenvalue weighted by Gasteiger charge is 2.24. The molecule has 1 amide bonds. The number of amides is 1. The molecule has 19 heavy (non-hydrogen) atoms. The Morgan fingerprint density at radius 2 is 2.00 bits per heavy atom. The summed E-state index contributed by atoms with van der Waals surface area (Å²) in [5, 5.41) is 2.04. The van der Waals surface area contributed by atoms with E-state index in [-0.39, 0.29) is 11.8 Å². The Hall–Kier alpha value is -0.940. The van der Waals surface area contributed by atoms with E-state index in [4.69, 9.17) is 0 Å². The molecule has 108 valence electrons. The van der Waals surface area contributed by atoms with Crippen LogP contribution in [0.15, 0.2) is 10.9 Å². The van der Waals surface area contributed by atoms with Gasteiger partial charge in [0.05, 0.1) is 17.1 Å². The highest BCUT2D eigenvalue weighted by Crippen LogP contribution is 2.13. The lowest BCUT2D eigenvalue weighted by atomic mass is 10.0. The lowest BCUT2D eigenvalue weighted by Gasteiger charge is -2.27. The molecule has 0 N–H and O–H groups in total. The van der Waals surface area contributed by atoms with Crippen molar-refractivity contribution in [2.45, 2.75) is 27.2 Å². The Morgan fingerprint density at radius 3 is 2.47 bits per heavy atom. The molecule has 0 aliphatic carbocycles. The van der Waals surface area contributed by atoms with E-state index in [0.29, 0.717) is 0 Å². The number of hydrogen-bond donors (Lipinski definition) is 0. The number of carbonyl (C=O) groups excluding carboxylic acids is 1. The van der Waals surface area contributed by atoms with Crippen molar-refractivity contribution in [2.24, 2.45) is 5.92 Å². The van der Waals surface area contributed by atoms with Gasteiger partial charge < -0.3 is 9.80 Å². The molecular formula is C14H25N3OS. The quantitative estimate of drug-likeness (QED) is 0.733. The minimum atomic E-state index is 0.00644. The second kappa shape index (κ2) is 8.27. The number of carbonyl (C=O) groups is 1. The number of nitrogens with zero attached hydrogens (tertiary/aromatic N) is 3. The Kier molecular flexibility index (Phi) is 7.02. The van der Waals surface area contributed by atoms with E-state index in [0.717, 1.165) is 38.3 Å². The van der Waals surface area contributed by atoms with Crippen molar-refractivity contribution < 1.29 is 4.79 Å². The highest BCUT2D eigenvalue weighted by molar-refractivity contribution is 7.07. The predicted molar refractivity (Wildman–Crippen MR) is 80.4 cm³/mol. The lowest BCUT2D eigenvalue weighted by Crippen LogP contribution is -2.41. The van der Waals surface area contributed by atoms with E-state index in [1.54, 1.807) is 16.2 Å². The van der Waals surface area contributed by atoms with Crippen LogP contribution < -0.4 is 0 Å². The first kappa shape index (κ1) is 16.1. The molecular weight excluding hydrogens is 258 g/mol. The Morgan fingerprint density at radius 1 is 1.32 bits per heavy atom. The maximum atomic E-state index is 12.4. The largest absolute Gasteiger partial charge is 0.346 e. The van der Waals surface area contributed by atoms with Crippen molar-refractivity contribution >= 4 is 17.2 Å². The number of hydrogen-bond acceptors (Lipinski definition) is 4. The van der Waals surface area contributed by atoms with Gasteiger partial charge in [-0.05, 0) is 20.0 Å². The van der Waals surface area contributed by atoms with Crippen molar-refractivity contribution in [2.75, 3.05) is 33.2 Å². The number of rotatable bonds is 8. The van der Waals surface area contributed by atoms with E-state index < -0.39 is 0 Å². The summed E-state index contributed by atoms with van der Waals surface area (Å²) in [5.41, 5.74) is 2.86. The van der Waals surface area contributed by atoms with Gasteiger partial charge in [-0.3, -0.25) is 4.79 Å². The molecule has 0 saturated carbocycles. The van der Waals surface area contributed by atoms with Gasteiger partial charge in [0.1, 0.15) is 0 Å². The highest BCUT2D eigenvalue weighted by atomic mass is 32.1. The van der Waals surface area contributed by atoms with Crippen LogP contribution >= 0.6 is 11.3 Å². The van der Waals surface area contributed by atoms with Gasteiger partial charge in [0.25, 0.3) is 0 Å². The third-order valence-electron chi connectivity index (χ3n) is 3.51. The van der Waals surface area contributed by atoms with Gasteiger partial charge in [-0.1, -0.05) is 13.8 Å². The summed E-state index contributed by atoms with van der Waals surface area (Å²) in [6.45, 7) is 9.81. The molecule has 0 aliphatic heterocycles. The van der Waals surface area contributed by atoms with Gasteiger partial charge in [0.2, 0.25) is 5.91 Å². The van der Waals surface area contributed by atoms with E-state index in [9.17, 15) is 4.79 Å². The summed E-state index contributed by atoms with van der Waals surface area (Å²) < 4.78 is 0. The van der Waals surface area contributed by atoms with Crippen molar-refractivity contribution in [1.29, 1.82) is 0 Å². The molecule has 1 aromatic heterocycles. The van der Waals surface area contributed by atoms with Gasteiger partial charge in [0, 0.05) is 31.9 Å². The van der Waals surface area contributed by atoms with E-state index in [2.05, 4.69) is 23.7 Å². The topological polar surface area (TPSA) is 36.4 Å². The van der Waals surface area contributed by atoms with Crippen LogP contribution in [-0.2, 0) is 11.2 Å². The molecule has 0 saturated heterocycles. The monoisotopic (exact) mass is 283 g/mol. The summed E-state index contributed by atoms with van der Waals surface area (Å²) in [7, 11) is 1.87. The molecule has 0 fully saturated rings. The minimum absolute atomic E-state index is 0.00644. The number of aromatic nitrogens is 1. The first-order valence-electron chi connectivity index (χ1n) is 6.96. The maximum absolute atomic E-state index is 12.4. The maximum Gasteiger partial charge on any atom is 0.227 e. The van der Waals surface area contributed by atoms with Crippen LogP contribution in [0, 0.1) is 5.92 Å². The third kappa shape index (κ3) is 4.91. The van der Waals surface area contributed by atoms with E-state index >= 15 is 0 Å². The predicted octanol–water partition coefficient (Wildman–Crippen LogP) is 2.12. The standard InChI is InChI=1S/C14H25N3OS/c1-5-16(4)14(18)12(9-17(6-2)7-3)8-13-10-19-11-15-13/h10-12H,5-9H2,1-4H3. The molecule has 0 aromatic carbocycles. The fraction of sp³-hybridized carbons (Fsp3) is 0.714. The van der Waals surface area contributed by atoms with Gasteiger partial charge in [-0.15, -0.1) is 11.3 Å². The summed E-state index contributed by atoms with van der Waals surface area (Å²) in [4.78, 5) is 20.9. The fourth-order valence-electron chi connectivity index (χ4n) is 2.08. The van der Waals surface area contributed by atoms with Crippen LogP contribution in [0.4, 0.5) is 0 Å². The number of thiazole rings is 1. The van der Waals surface area contributed by atoms with Crippen LogP contribution in [0.5, 0.6) is 0 Å². The molecule has 5 heteroatoms. The van der Waals surface area contributed by atoms with E-state index in [1.807, 2.05) is 24.9 Å². The zero-order chi connectivity index (χ0) is 14.3. The average molecular weight is 283 g/mol. The van der Waals surface area contributed by atoms with Crippen molar-refractivity contribution in [1.82, 2.24) is 14.8 Å². The van der Waals surface area contributed by atoms with Crippen LogP contribution in [0.25, 0.3) is 0 Å². The second-order valence-corrected chi connectivity index (χ2v) is 5.44. The smallest absolute Gasteiger partial charge is 0.227 e. The Balaban J connectivity index is 2.74. The van der Waals surface area contributed by atoms with Gasteiger partial charge in [-0.25, -0.2) is 4.98 Å². The molecule has 0 bridgehead atoms. The molecule has 1 aromatic rings. The summed E-state index contributed by atoms with van der Waals surface area (Å²) >= 11 is 1.59. The lowest BCUT2D eigenvalue weighted by molar-refractivity contribution is -0.134. The first-order valence-corrected chi connectivity index (χ1v) is 7.90. The van der Waals surface area contributed by atoms with Crippen LogP contribution in [0.3, 0.4) is 0 Å². The van der Waals surface area contributed by atoms with Gasteiger partial charge in [0.15, 0.2) is 0 Å². The van der Waals surface area contributed by atoms with Crippen LogP contribution in [0.2, 0.25) is 0 Å². The third-order valence-corrected chi connectivity index (χ3v) is 4.15. The molecule has 0 radical (unpaired) electrons. The van der Waals surface area contributed by atoms with Crippen LogP contribution in [0.1, 0.15) is 26.5 Å². The van der Waals surface area contributed by atoms with Crippen LogP contribution in [-0.4, -0.2) is 53.9 Å². The van der Waals surface area contributed by atoms with Crippen molar-refractivity contribution in [3.05, 3.63) is 16.6 Å². The second-order valence-electron chi connectivity index (χ2n) is 4.72. The molecule has 1 rings (SSSR count). The van der Waals surface area contributed by atoms with Gasteiger partial charge >= 0.3 is 0 Å². The first-order chi connectivity index (χ1) is 9.12. The zero-order valence-electron chi connectivity index (χ0n) is 12.4. The molecule has 1 unspecified atom stereocenters. The van der Waals surface area contributed by atoms with Crippen molar-refractivity contribution in [3.63, 3.8) is 0 Å². The SMILES string of the molecule is CCN(CC)CC(Cc1cscn1)C(=O)N(C)CC. The fourth-order valence-corrected chi connectivity index (χ4v) is 2.65. The summed E-state index contributed by atoms with van der Waals surface area (Å²) in [6.07, 6.45) is 0.739. The summed E-state index contributed by atoms with van der Waals surface area (Å²) in [5.74, 6) is 0.231. The van der Waals surface area contributed by atoms with Crippen molar-refractivity contribution in [3.8, 4) is 0 Å². The Bertz CT molecular complexity index is 363. The van der Waals surface area contributed by atoms with Gasteiger partial charge in [-0.2, -0.15) is 0 Å². The van der Waals surface area contributed by atoms with E-state index in [1.165, 1.54) is 0 Å². The average Bonchev–Trinajstić information content (AvgIpc) is 2.94. The Labute approximate surface area is 120 Å².